The van der Waals surface area contributed by atoms with Crippen LogP contribution in [0.3, 0.4) is 0 Å². The molecule has 3 N–H and O–H groups in total. The van der Waals surface area contributed by atoms with Gasteiger partial charge in [-0.1, -0.05) is 62.4 Å². The highest BCUT2D eigenvalue weighted by atomic mass is 16.5. The van der Waals surface area contributed by atoms with Crippen molar-refractivity contribution in [3.05, 3.63) is 84.0 Å². The SMILES string of the molecule is COCCCN(CC1(O)CCC2C34C=CC5(C=C3C(=O)c3ccccc3)CC(O)CCC5(C)C4CCC21C)C(=O)Nc1ccc(OC)cc1. The number of aliphatic hydroxyl groups is 2. The van der Waals surface area contributed by atoms with Gasteiger partial charge in [0.15, 0.2) is 5.78 Å². The molecule has 2 aromatic carbocycles. The lowest BCUT2D eigenvalue weighted by molar-refractivity contribution is -0.174. The summed E-state index contributed by atoms with van der Waals surface area (Å²) in [4.78, 5) is 30.3. The van der Waals surface area contributed by atoms with Crippen molar-refractivity contribution in [2.24, 2.45) is 33.5 Å². The Bertz CT molecular complexity index is 1640. The molecule has 3 saturated carbocycles. The Hall–Kier alpha value is -3.46. The van der Waals surface area contributed by atoms with E-state index < -0.39 is 22.5 Å². The van der Waals surface area contributed by atoms with Gasteiger partial charge in [0, 0.05) is 53.3 Å². The van der Waals surface area contributed by atoms with Gasteiger partial charge in [-0.05, 0) is 92.9 Å². The van der Waals surface area contributed by atoms with E-state index >= 15 is 0 Å². The summed E-state index contributed by atoms with van der Waals surface area (Å²) in [6.07, 6.45) is 12.4. The number of fused-ring (bicyclic) bond motifs is 1. The van der Waals surface area contributed by atoms with E-state index in [0.717, 1.165) is 37.7 Å². The molecule has 3 fully saturated rings. The highest BCUT2D eigenvalue weighted by Crippen LogP contribution is 2.78. The van der Waals surface area contributed by atoms with Gasteiger partial charge in [-0.3, -0.25) is 4.79 Å². The number of ether oxygens (including phenoxy) is 2. The molecule has 6 aliphatic carbocycles. The molecule has 262 valence electrons. The van der Waals surface area contributed by atoms with E-state index in [-0.39, 0.29) is 41.0 Å². The number of ketones is 1. The summed E-state index contributed by atoms with van der Waals surface area (Å²) < 4.78 is 10.6. The number of aliphatic hydroxyl groups excluding tert-OH is 1. The Morgan fingerprint density at radius 1 is 0.918 bits per heavy atom. The number of methoxy groups -OCH3 is 2. The predicted molar refractivity (Wildman–Crippen MR) is 189 cm³/mol. The number of Topliss-reactive ketones (excluding diaryl/α,β-unsaturated/α-hetero) is 1. The molecule has 0 aromatic heterocycles. The molecule has 6 aliphatic rings. The van der Waals surface area contributed by atoms with Crippen molar-refractivity contribution in [1.82, 2.24) is 4.90 Å². The maximum Gasteiger partial charge on any atom is 0.321 e. The first-order chi connectivity index (χ1) is 23.5. The molecule has 2 aromatic rings. The summed E-state index contributed by atoms with van der Waals surface area (Å²) in [5.41, 5.74) is -0.565. The number of hydrogen-bond donors (Lipinski definition) is 3. The third-order valence-electron chi connectivity index (χ3n) is 13.8. The van der Waals surface area contributed by atoms with Crippen LogP contribution < -0.4 is 10.1 Å². The smallest absolute Gasteiger partial charge is 0.321 e. The number of amides is 2. The van der Waals surface area contributed by atoms with Crippen molar-refractivity contribution < 1.29 is 29.3 Å². The molecule has 2 bridgehead atoms. The van der Waals surface area contributed by atoms with E-state index in [1.54, 1.807) is 19.1 Å². The normalized spacial score (nSPS) is 37.0. The molecule has 8 nitrogen and oxygen atoms in total. The van der Waals surface area contributed by atoms with Gasteiger partial charge >= 0.3 is 6.03 Å². The van der Waals surface area contributed by atoms with E-state index in [2.05, 4.69) is 37.4 Å². The van der Waals surface area contributed by atoms with Crippen molar-refractivity contribution in [2.75, 3.05) is 39.2 Å². The van der Waals surface area contributed by atoms with Crippen molar-refractivity contribution in [3.8, 4) is 5.75 Å². The first kappa shape index (κ1) is 34.0. The molecule has 0 aliphatic heterocycles. The Morgan fingerprint density at radius 2 is 1.61 bits per heavy atom. The van der Waals surface area contributed by atoms with Crippen LogP contribution in [0, 0.1) is 33.5 Å². The highest BCUT2D eigenvalue weighted by molar-refractivity contribution is 6.10. The number of nitrogens with zero attached hydrogens (tertiary/aromatic N) is 1. The van der Waals surface area contributed by atoms with Crippen LogP contribution in [-0.2, 0) is 4.74 Å². The van der Waals surface area contributed by atoms with E-state index in [1.807, 2.05) is 54.6 Å². The van der Waals surface area contributed by atoms with Gasteiger partial charge in [-0.15, -0.1) is 0 Å². The van der Waals surface area contributed by atoms with Gasteiger partial charge in [0.05, 0.1) is 25.4 Å². The summed E-state index contributed by atoms with van der Waals surface area (Å²) in [6, 6.07) is 16.6. The van der Waals surface area contributed by atoms with Gasteiger partial charge < -0.3 is 29.9 Å². The van der Waals surface area contributed by atoms with Crippen LogP contribution >= 0.6 is 0 Å². The Labute approximate surface area is 290 Å². The molecule has 0 heterocycles. The van der Waals surface area contributed by atoms with Crippen molar-refractivity contribution in [2.45, 2.75) is 76.9 Å². The predicted octanol–water partition coefficient (Wildman–Crippen LogP) is 7.04. The van der Waals surface area contributed by atoms with E-state index in [0.29, 0.717) is 49.4 Å². The first-order valence-electron chi connectivity index (χ1n) is 18.1. The van der Waals surface area contributed by atoms with Gasteiger partial charge in [-0.25, -0.2) is 4.79 Å². The molecule has 8 heteroatoms. The van der Waals surface area contributed by atoms with Crippen LogP contribution in [0.25, 0.3) is 0 Å². The zero-order valence-electron chi connectivity index (χ0n) is 29.4. The Kier molecular flexibility index (Phi) is 8.60. The Morgan fingerprint density at radius 3 is 2.33 bits per heavy atom. The number of nitrogens with one attached hydrogen (secondary N) is 1. The van der Waals surface area contributed by atoms with E-state index in [4.69, 9.17) is 9.47 Å². The van der Waals surface area contributed by atoms with Crippen LogP contribution in [-0.4, -0.2) is 72.5 Å². The summed E-state index contributed by atoms with van der Waals surface area (Å²) in [5.74, 6) is 0.975. The summed E-state index contributed by atoms with van der Waals surface area (Å²) >= 11 is 0. The van der Waals surface area contributed by atoms with Gasteiger partial charge in [0.2, 0.25) is 0 Å². The summed E-state index contributed by atoms with van der Waals surface area (Å²) in [6.45, 7) is 5.74. The van der Waals surface area contributed by atoms with Crippen molar-refractivity contribution >= 4 is 17.5 Å². The molecule has 0 saturated heterocycles. The lowest BCUT2D eigenvalue weighted by Gasteiger charge is -2.71. The second-order valence-corrected chi connectivity index (χ2v) is 15.9. The fourth-order valence-corrected chi connectivity index (χ4v) is 11.2. The first-order valence-corrected chi connectivity index (χ1v) is 18.1. The molecule has 8 atom stereocenters. The molecule has 8 rings (SSSR count). The van der Waals surface area contributed by atoms with Gasteiger partial charge in [0.1, 0.15) is 5.75 Å². The number of allylic oxidation sites excluding steroid dienone is 4. The van der Waals surface area contributed by atoms with Crippen LogP contribution in [0.4, 0.5) is 10.5 Å². The van der Waals surface area contributed by atoms with E-state index in [9.17, 15) is 19.8 Å². The van der Waals surface area contributed by atoms with Gasteiger partial charge in [0.25, 0.3) is 0 Å². The average molecular weight is 669 g/mol. The maximum absolute atomic E-state index is 14.7. The second kappa shape index (κ2) is 12.4. The molecule has 8 unspecified atom stereocenters. The largest absolute Gasteiger partial charge is 0.497 e. The van der Waals surface area contributed by atoms with Crippen LogP contribution in [0.1, 0.15) is 75.6 Å². The van der Waals surface area contributed by atoms with Crippen molar-refractivity contribution in [3.63, 3.8) is 0 Å². The van der Waals surface area contributed by atoms with Crippen LogP contribution in [0.15, 0.2) is 78.4 Å². The standard InChI is InChI=1S/C41H52N2O6/c1-37-18-15-30(44)25-39(37)21-22-41(32(26-39)35(45)28-9-6-5-7-10-28)33(37)16-19-38(2)34(41)17-20-40(38,47)27-43(23-8-24-48-3)36(46)42-29-11-13-31(49-4)14-12-29/h5-7,9-14,21-22,26,30,33-34,44,47H,8,15-20,23-25,27H2,1-4H3,(H,42,46). The number of anilines is 1. The molecular formula is C41H52N2O6. The number of benzene rings is 2. The fraction of sp³-hybridized carbons (Fsp3) is 0.561. The molecule has 2 spiro atoms. The van der Waals surface area contributed by atoms with Crippen molar-refractivity contribution in [1.29, 1.82) is 0 Å². The zero-order chi connectivity index (χ0) is 34.7. The molecular weight excluding hydrogens is 616 g/mol. The Balaban J connectivity index is 1.25. The number of carbonyl (C=O) groups is 2. The minimum Gasteiger partial charge on any atom is -0.497 e. The zero-order valence-corrected chi connectivity index (χ0v) is 29.4. The van der Waals surface area contributed by atoms with Gasteiger partial charge in [-0.2, -0.15) is 0 Å². The monoisotopic (exact) mass is 668 g/mol. The fourth-order valence-electron chi connectivity index (χ4n) is 11.2. The number of hydrogen-bond acceptors (Lipinski definition) is 6. The average Bonchev–Trinajstić information content (AvgIpc) is 3.38. The maximum atomic E-state index is 14.7. The topological polar surface area (TPSA) is 108 Å². The highest BCUT2D eigenvalue weighted by Gasteiger charge is 2.74. The lowest BCUT2D eigenvalue weighted by atomic mass is 9.32. The van der Waals surface area contributed by atoms with Crippen LogP contribution in [0.5, 0.6) is 5.75 Å². The third kappa shape index (κ3) is 5.11. The third-order valence-corrected chi connectivity index (χ3v) is 13.8. The number of carbonyl (C=O) groups excluding carboxylic acids is 2. The summed E-state index contributed by atoms with van der Waals surface area (Å²) in [7, 11) is 3.26. The number of rotatable bonds is 10. The second-order valence-electron chi connectivity index (χ2n) is 15.9. The lowest BCUT2D eigenvalue weighted by Crippen LogP contribution is -2.67. The quantitative estimate of drug-likeness (QED) is 0.142. The van der Waals surface area contributed by atoms with E-state index in [1.165, 1.54) is 0 Å². The minimum atomic E-state index is -1.16. The minimum absolute atomic E-state index is 0.00589. The molecule has 0 radical (unpaired) electrons. The summed E-state index contributed by atoms with van der Waals surface area (Å²) in [5, 5.41) is 26.9. The molecule has 2 amide bonds. The van der Waals surface area contributed by atoms with Crippen LogP contribution in [0.2, 0.25) is 0 Å². The number of urea groups is 1. The molecule has 49 heavy (non-hydrogen) atoms.